The molecule has 0 atom stereocenters. The fraction of sp³-hybridized carbons (Fsp3) is 0.733. The van der Waals surface area contributed by atoms with Gasteiger partial charge in [0.15, 0.2) is 0 Å². The molecule has 0 unspecified atom stereocenters. The summed E-state index contributed by atoms with van der Waals surface area (Å²) in [6.07, 6.45) is 2.51. The zero-order valence-electron chi connectivity index (χ0n) is 12.5. The van der Waals surface area contributed by atoms with Crippen molar-refractivity contribution in [2.75, 3.05) is 13.6 Å². The van der Waals surface area contributed by atoms with Gasteiger partial charge in [0.2, 0.25) is 0 Å². The summed E-state index contributed by atoms with van der Waals surface area (Å²) < 4.78 is 5.78. The van der Waals surface area contributed by atoms with Gasteiger partial charge in [-0.1, -0.05) is 27.2 Å². The highest BCUT2D eigenvalue weighted by molar-refractivity contribution is 5.20. The lowest BCUT2D eigenvalue weighted by molar-refractivity contribution is 0.318. The lowest BCUT2D eigenvalue weighted by atomic mass is 10.2. The lowest BCUT2D eigenvalue weighted by Crippen LogP contribution is -2.21. The van der Waals surface area contributed by atoms with Crippen molar-refractivity contribution in [1.82, 2.24) is 10.2 Å². The fourth-order valence-electron chi connectivity index (χ4n) is 1.93. The Morgan fingerprint density at radius 2 is 2.11 bits per heavy atom. The Bertz CT molecular complexity index is 344. The van der Waals surface area contributed by atoms with E-state index in [2.05, 4.69) is 51.0 Å². The van der Waals surface area contributed by atoms with Gasteiger partial charge in [-0.15, -0.1) is 0 Å². The van der Waals surface area contributed by atoms with Gasteiger partial charge in [-0.3, -0.25) is 0 Å². The molecule has 0 amide bonds. The van der Waals surface area contributed by atoms with Crippen LogP contribution in [-0.2, 0) is 13.1 Å². The third-order valence-corrected chi connectivity index (χ3v) is 3.09. The van der Waals surface area contributed by atoms with Gasteiger partial charge in [0, 0.05) is 18.2 Å². The van der Waals surface area contributed by atoms with E-state index in [9.17, 15) is 0 Å². The van der Waals surface area contributed by atoms with E-state index in [4.69, 9.17) is 4.42 Å². The summed E-state index contributed by atoms with van der Waals surface area (Å²) in [6.45, 7) is 11.5. The molecule has 0 aliphatic rings. The van der Waals surface area contributed by atoms with Crippen LogP contribution in [0.15, 0.2) is 10.5 Å². The highest BCUT2D eigenvalue weighted by Crippen LogP contribution is 2.16. The van der Waals surface area contributed by atoms with Gasteiger partial charge in [0.1, 0.15) is 11.5 Å². The summed E-state index contributed by atoms with van der Waals surface area (Å²) in [4.78, 5) is 2.36. The Labute approximate surface area is 112 Å². The van der Waals surface area contributed by atoms with Crippen LogP contribution in [0.25, 0.3) is 0 Å². The minimum absolute atomic E-state index is 0.492. The van der Waals surface area contributed by atoms with Crippen molar-refractivity contribution in [2.45, 2.75) is 59.7 Å². The van der Waals surface area contributed by atoms with E-state index in [1.54, 1.807) is 0 Å². The molecule has 0 aliphatic heterocycles. The number of unbranched alkanes of at least 4 members (excludes halogenated alkanes) is 1. The summed E-state index contributed by atoms with van der Waals surface area (Å²) in [7, 11) is 2.17. The first-order valence-electron chi connectivity index (χ1n) is 7.03. The number of furan rings is 1. The second-order valence-corrected chi connectivity index (χ2v) is 5.42. The number of nitrogens with zero attached hydrogens (tertiary/aromatic N) is 1. The zero-order chi connectivity index (χ0) is 13.5. The molecule has 0 saturated carbocycles. The van der Waals surface area contributed by atoms with Crippen LogP contribution in [0, 0.1) is 6.92 Å². The molecule has 0 bridgehead atoms. The monoisotopic (exact) mass is 252 g/mol. The summed E-state index contributed by atoms with van der Waals surface area (Å²) in [5, 5.41) is 3.38. The van der Waals surface area contributed by atoms with Crippen LogP contribution in [0.2, 0.25) is 0 Å². The van der Waals surface area contributed by atoms with E-state index < -0.39 is 0 Å². The molecule has 1 N–H and O–H groups in total. The molecular formula is C15H28N2O. The predicted octanol–water partition coefficient (Wildman–Crippen LogP) is 3.32. The van der Waals surface area contributed by atoms with E-state index in [1.165, 1.54) is 18.4 Å². The second-order valence-electron chi connectivity index (χ2n) is 5.42. The zero-order valence-corrected chi connectivity index (χ0v) is 12.5. The quantitative estimate of drug-likeness (QED) is 0.769. The van der Waals surface area contributed by atoms with Crippen LogP contribution < -0.4 is 5.32 Å². The van der Waals surface area contributed by atoms with Crippen LogP contribution in [0.4, 0.5) is 0 Å². The lowest BCUT2D eigenvalue weighted by Gasteiger charge is -2.15. The van der Waals surface area contributed by atoms with E-state index in [0.717, 1.165) is 31.2 Å². The number of nitrogens with one attached hydrogen (secondary N) is 1. The smallest absolute Gasteiger partial charge is 0.118 e. The molecule has 1 heterocycles. The molecule has 0 spiro atoms. The normalized spacial score (nSPS) is 11.7. The number of hydrogen-bond acceptors (Lipinski definition) is 3. The van der Waals surface area contributed by atoms with Gasteiger partial charge in [0.05, 0.1) is 6.54 Å². The molecule has 1 aromatic heterocycles. The molecule has 3 heteroatoms. The molecule has 0 saturated heterocycles. The Kier molecular flexibility index (Phi) is 6.44. The van der Waals surface area contributed by atoms with E-state index in [-0.39, 0.29) is 0 Å². The minimum Gasteiger partial charge on any atom is -0.465 e. The summed E-state index contributed by atoms with van der Waals surface area (Å²) in [5.74, 6) is 2.10. The maximum absolute atomic E-state index is 5.78. The van der Waals surface area contributed by atoms with Gasteiger partial charge in [0.25, 0.3) is 0 Å². The van der Waals surface area contributed by atoms with Crippen molar-refractivity contribution in [3.05, 3.63) is 23.2 Å². The molecule has 0 aromatic carbocycles. The van der Waals surface area contributed by atoms with Crippen molar-refractivity contribution < 1.29 is 4.42 Å². The number of aryl methyl sites for hydroxylation is 1. The maximum Gasteiger partial charge on any atom is 0.118 e. The first-order chi connectivity index (χ1) is 8.52. The molecule has 1 aromatic rings. The van der Waals surface area contributed by atoms with Crippen LogP contribution >= 0.6 is 0 Å². The van der Waals surface area contributed by atoms with Crippen LogP contribution in [0.1, 0.15) is 50.7 Å². The van der Waals surface area contributed by atoms with Crippen molar-refractivity contribution >= 4 is 0 Å². The Morgan fingerprint density at radius 1 is 1.39 bits per heavy atom. The largest absolute Gasteiger partial charge is 0.465 e. The summed E-state index contributed by atoms with van der Waals surface area (Å²) in [6, 6.07) is 2.68. The topological polar surface area (TPSA) is 28.4 Å². The van der Waals surface area contributed by atoms with Gasteiger partial charge in [-0.2, -0.15) is 0 Å². The standard InChI is InChI=1S/C15H28N2O/c1-6-7-8-17(5)11-14-9-15(18-13(14)4)10-16-12(2)3/h9,12,16H,6-8,10-11H2,1-5H3. The average Bonchev–Trinajstić information content (AvgIpc) is 2.65. The Balaban J connectivity index is 2.50. The van der Waals surface area contributed by atoms with Gasteiger partial charge < -0.3 is 14.6 Å². The summed E-state index contributed by atoms with van der Waals surface area (Å²) >= 11 is 0. The first-order valence-corrected chi connectivity index (χ1v) is 7.03. The van der Waals surface area contributed by atoms with E-state index in [0.29, 0.717) is 6.04 Å². The Morgan fingerprint density at radius 3 is 2.72 bits per heavy atom. The molecule has 1 rings (SSSR count). The predicted molar refractivity (Wildman–Crippen MR) is 76.7 cm³/mol. The number of rotatable bonds is 8. The summed E-state index contributed by atoms with van der Waals surface area (Å²) in [5.41, 5.74) is 1.31. The minimum atomic E-state index is 0.492. The molecule has 18 heavy (non-hydrogen) atoms. The van der Waals surface area contributed by atoms with Crippen LogP contribution in [0.3, 0.4) is 0 Å². The van der Waals surface area contributed by atoms with Crippen molar-refractivity contribution in [3.63, 3.8) is 0 Å². The van der Waals surface area contributed by atoms with Gasteiger partial charge in [-0.05, 0) is 33.0 Å². The van der Waals surface area contributed by atoms with Crippen molar-refractivity contribution in [3.8, 4) is 0 Å². The molecule has 0 aliphatic carbocycles. The molecular weight excluding hydrogens is 224 g/mol. The first kappa shape index (κ1) is 15.3. The molecule has 0 fully saturated rings. The highest BCUT2D eigenvalue weighted by atomic mass is 16.3. The van der Waals surface area contributed by atoms with E-state index >= 15 is 0 Å². The van der Waals surface area contributed by atoms with Crippen LogP contribution in [-0.4, -0.2) is 24.5 Å². The third-order valence-electron chi connectivity index (χ3n) is 3.09. The molecule has 0 radical (unpaired) electrons. The van der Waals surface area contributed by atoms with Crippen LogP contribution in [0.5, 0.6) is 0 Å². The maximum atomic E-state index is 5.78. The van der Waals surface area contributed by atoms with Crippen molar-refractivity contribution in [1.29, 1.82) is 0 Å². The fourth-order valence-corrected chi connectivity index (χ4v) is 1.93. The average molecular weight is 252 g/mol. The SMILES string of the molecule is CCCCN(C)Cc1cc(CNC(C)C)oc1C. The molecule has 3 nitrogen and oxygen atoms in total. The third kappa shape index (κ3) is 5.23. The Hall–Kier alpha value is -0.800. The van der Waals surface area contributed by atoms with Gasteiger partial charge in [-0.25, -0.2) is 0 Å². The highest BCUT2D eigenvalue weighted by Gasteiger charge is 2.09. The number of hydrogen-bond donors (Lipinski definition) is 1. The van der Waals surface area contributed by atoms with E-state index in [1.807, 2.05) is 0 Å². The van der Waals surface area contributed by atoms with Gasteiger partial charge >= 0.3 is 0 Å². The van der Waals surface area contributed by atoms with Crippen molar-refractivity contribution in [2.24, 2.45) is 0 Å². The molecule has 104 valence electrons. The second kappa shape index (κ2) is 7.59.